The fraction of sp³-hybridized carbons (Fsp3) is 0.300. The van der Waals surface area contributed by atoms with Crippen molar-refractivity contribution in [2.45, 2.75) is 28.9 Å². The van der Waals surface area contributed by atoms with Gasteiger partial charge in [0.2, 0.25) is 0 Å². The van der Waals surface area contributed by atoms with Crippen LogP contribution in [0.5, 0.6) is 0 Å². The maximum Gasteiger partial charge on any atom is 0.265 e. The number of aromatic nitrogens is 1. The van der Waals surface area contributed by atoms with E-state index in [1.807, 2.05) is 0 Å². The van der Waals surface area contributed by atoms with Crippen molar-refractivity contribution in [2.24, 2.45) is 0 Å². The molecular weight excluding hydrogens is 450 g/mol. The summed E-state index contributed by atoms with van der Waals surface area (Å²) in [5, 5.41) is 9.50. The summed E-state index contributed by atoms with van der Waals surface area (Å²) < 4.78 is 58.3. The number of hydroxylamine groups is 1. The number of halogens is 2. The average Bonchev–Trinajstić information content (AvgIpc) is 2.99. The zero-order chi connectivity index (χ0) is 22.2. The molecule has 0 bridgehead atoms. The molecule has 1 fully saturated rings. The number of carbonyl (C=O) groups is 1. The van der Waals surface area contributed by atoms with Gasteiger partial charge in [-0.25, -0.2) is 27.7 Å². The van der Waals surface area contributed by atoms with Crippen LogP contribution in [0.4, 0.5) is 8.78 Å². The fourth-order valence-electron chi connectivity index (χ4n) is 3.72. The Balaban J connectivity index is 1.80. The monoisotopic (exact) mass is 468 g/mol. The number of rotatable bonds is 4. The van der Waals surface area contributed by atoms with E-state index in [1.54, 1.807) is 0 Å². The predicted molar refractivity (Wildman–Crippen MR) is 109 cm³/mol. The summed E-state index contributed by atoms with van der Waals surface area (Å²) in [5.41, 5.74) is 2.04. The lowest BCUT2D eigenvalue weighted by Crippen LogP contribution is -2.52. The number of ether oxygens (including phenoxy) is 1. The average molecular weight is 469 g/mol. The summed E-state index contributed by atoms with van der Waals surface area (Å²) in [4.78, 5) is 16.7. The van der Waals surface area contributed by atoms with Crippen LogP contribution in [0.15, 0.2) is 41.3 Å². The van der Waals surface area contributed by atoms with E-state index in [9.17, 15) is 27.2 Å². The number of benzene rings is 2. The molecule has 1 aliphatic rings. The SMILES string of the molecule is O=C(NO)C1(S(=O)(=O)c2ccc3nc(-c4ccc(F)cc4F)sc3c2)CCCOCC1. The normalized spacial score (nSPS) is 19.8. The van der Waals surface area contributed by atoms with E-state index in [0.29, 0.717) is 23.2 Å². The number of sulfone groups is 1. The highest BCUT2D eigenvalue weighted by Gasteiger charge is 2.51. The summed E-state index contributed by atoms with van der Waals surface area (Å²) >= 11 is 1.05. The van der Waals surface area contributed by atoms with Gasteiger partial charge in [0.05, 0.1) is 15.1 Å². The van der Waals surface area contributed by atoms with Crippen LogP contribution in [-0.4, -0.2) is 42.5 Å². The van der Waals surface area contributed by atoms with Crippen LogP contribution in [0, 0.1) is 11.6 Å². The molecule has 11 heteroatoms. The lowest BCUT2D eigenvalue weighted by atomic mass is 9.99. The zero-order valence-corrected chi connectivity index (χ0v) is 17.7. The Morgan fingerprint density at radius 3 is 2.71 bits per heavy atom. The van der Waals surface area contributed by atoms with Gasteiger partial charge in [-0.2, -0.15) is 0 Å². The molecule has 2 heterocycles. The first kappa shape index (κ1) is 21.8. The number of thiazole rings is 1. The van der Waals surface area contributed by atoms with Gasteiger partial charge in [0, 0.05) is 24.8 Å². The van der Waals surface area contributed by atoms with Gasteiger partial charge in [-0.3, -0.25) is 10.0 Å². The Labute approximate surface area is 180 Å². The van der Waals surface area contributed by atoms with E-state index in [2.05, 4.69) is 4.98 Å². The second kappa shape index (κ2) is 8.23. The van der Waals surface area contributed by atoms with Gasteiger partial charge in [-0.1, -0.05) is 0 Å². The molecule has 4 rings (SSSR count). The highest BCUT2D eigenvalue weighted by Crippen LogP contribution is 2.38. The Bertz CT molecular complexity index is 1250. The van der Waals surface area contributed by atoms with Crippen molar-refractivity contribution in [1.29, 1.82) is 0 Å². The van der Waals surface area contributed by atoms with E-state index in [0.717, 1.165) is 23.5 Å². The molecule has 2 aromatic carbocycles. The molecule has 0 radical (unpaired) electrons. The third kappa shape index (κ3) is 3.71. The number of nitrogens with one attached hydrogen (secondary N) is 1. The summed E-state index contributed by atoms with van der Waals surface area (Å²) in [6.45, 7) is 0.375. The number of hydrogen-bond donors (Lipinski definition) is 2. The van der Waals surface area contributed by atoms with Gasteiger partial charge >= 0.3 is 0 Å². The lowest BCUT2D eigenvalue weighted by Gasteiger charge is -2.29. The molecule has 0 saturated carbocycles. The first-order valence-corrected chi connectivity index (χ1v) is 11.7. The molecule has 1 aliphatic heterocycles. The van der Waals surface area contributed by atoms with E-state index in [-0.39, 0.29) is 34.9 Å². The van der Waals surface area contributed by atoms with Crippen LogP contribution in [0.25, 0.3) is 20.8 Å². The van der Waals surface area contributed by atoms with Crippen LogP contribution >= 0.6 is 11.3 Å². The molecule has 0 aliphatic carbocycles. The molecule has 1 saturated heterocycles. The number of hydrogen-bond acceptors (Lipinski definition) is 7. The second-order valence-corrected chi connectivity index (χ2v) is 10.5. The number of amides is 1. The van der Waals surface area contributed by atoms with E-state index in [4.69, 9.17) is 4.74 Å². The lowest BCUT2D eigenvalue weighted by molar-refractivity contribution is -0.132. The summed E-state index contributed by atoms with van der Waals surface area (Å²) in [7, 11) is -4.22. The first-order valence-electron chi connectivity index (χ1n) is 9.41. The molecule has 164 valence electrons. The minimum absolute atomic E-state index is 0.00546. The van der Waals surface area contributed by atoms with Crippen LogP contribution in [0.1, 0.15) is 19.3 Å². The van der Waals surface area contributed by atoms with Crippen molar-refractivity contribution >= 4 is 37.3 Å². The molecule has 7 nitrogen and oxygen atoms in total. The van der Waals surface area contributed by atoms with Gasteiger partial charge < -0.3 is 4.74 Å². The number of carbonyl (C=O) groups excluding carboxylic acids is 1. The largest absolute Gasteiger partial charge is 0.381 e. The molecule has 2 N–H and O–H groups in total. The standard InChI is InChI=1S/C20H18F2N2O5S2/c21-12-2-4-14(15(22)10-12)18-23-16-5-3-13(11-17(16)30-18)31(27,28)20(19(25)24-26)6-1-8-29-9-7-20/h2-5,10-11,26H,1,6-9H2,(H,24,25). The van der Waals surface area contributed by atoms with Gasteiger partial charge in [-0.05, 0) is 49.6 Å². The Hall–Kier alpha value is -2.47. The zero-order valence-electron chi connectivity index (χ0n) is 16.1. The van der Waals surface area contributed by atoms with E-state index < -0.39 is 32.1 Å². The summed E-state index contributed by atoms with van der Waals surface area (Å²) in [5.74, 6) is -2.49. The Kier molecular flexibility index (Phi) is 5.77. The van der Waals surface area contributed by atoms with Crippen molar-refractivity contribution in [3.8, 4) is 10.6 Å². The number of nitrogens with zero attached hydrogens (tertiary/aromatic N) is 1. The molecule has 1 unspecified atom stereocenters. The molecule has 1 atom stereocenters. The highest BCUT2D eigenvalue weighted by atomic mass is 32.2. The fourth-order valence-corrected chi connectivity index (χ4v) is 6.85. The van der Waals surface area contributed by atoms with Crippen LogP contribution in [0.3, 0.4) is 0 Å². The molecule has 31 heavy (non-hydrogen) atoms. The molecule has 0 spiro atoms. The molecule has 1 aromatic heterocycles. The summed E-state index contributed by atoms with van der Waals surface area (Å²) in [6, 6.07) is 7.33. The molecule has 3 aromatic rings. The van der Waals surface area contributed by atoms with Crippen molar-refractivity contribution in [1.82, 2.24) is 10.5 Å². The van der Waals surface area contributed by atoms with Crippen LogP contribution in [0.2, 0.25) is 0 Å². The van der Waals surface area contributed by atoms with Gasteiger partial charge in [0.1, 0.15) is 16.6 Å². The summed E-state index contributed by atoms with van der Waals surface area (Å²) in [6.07, 6.45) is 0.229. The third-order valence-corrected chi connectivity index (χ3v) is 8.93. The topological polar surface area (TPSA) is 106 Å². The predicted octanol–water partition coefficient (Wildman–Crippen LogP) is 3.46. The Morgan fingerprint density at radius 2 is 1.97 bits per heavy atom. The molecule has 1 amide bonds. The maximum atomic E-state index is 14.1. The third-order valence-electron chi connectivity index (χ3n) is 5.38. The number of fused-ring (bicyclic) bond motifs is 1. The van der Waals surface area contributed by atoms with Gasteiger partial charge in [0.15, 0.2) is 14.6 Å². The second-order valence-electron chi connectivity index (χ2n) is 7.18. The minimum atomic E-state index is -4.22. The van der Waals surface area contributed by atoms with Crippen molar-refractivity contribution in [3.63, 3.8) is 0 Å². The Morgan fingerprint density at radius 1 is 1.16 bits per heavy atom. The van der Waals surface area contributed by atoms with Gasteiger partial charge in [-0.15, -0.1) is 11.3 Å². The minimum Gasteiger partial charge on any atom is -0.381 e. The van der Waals surface area contributed by atoms with Gasteiger partial charge in [0.25, 0.3) is 5.91 Å². The van der Waals surface area contributed by atoms with Crippen LogP contribution < -0.4 is 5.48 Å². The molecular formula is C20H18F2N2O5S2. The van der Waals surface area contributed by atoms with E-state index in [1.165, 1.54) is 29.7 Å². The van der Waals surface area contributed by atoms with Crippen LogP contribution in [-0.2, 0) is 19.4 Å². The highest BCUT2D eigenvalue weighted by molar-refractivity contribution is 7.93. The van der Waals surface area contributed by atoms with E-state index >= 15 is 0 Å². The van der Waals surface area contributed by atoms with Crippen molar-refractivity contribution in [3.05, 3.63) is 48.0 Å². The van der Waals surface area contributed by atoms with Crippen molar-refractivity contribution < 1.29 is 31.9 Å². The quantitative estimate of drug-likeness (QED) is 0.449. The smallest absolute Gasteiger partial charge is 0.265 e. The van der Waals surface area contributed by atoms with Crippen molar-refractivity contribution in [2.75, 3.05) is 13.2 Å². The first-order chi connectivity index (χ1) is 14.8. The maximum absolute atomic E-state index is 14.1.